The number of nitrogens with zero attached hydrogens (tertiary/aromatic N) is 1. The van der Waals surface area contributed by atoms with E-state index in [0.717, 1.165) is 6.54 Å². The van der Waals surface area contributed by atoms with Gasteiger partial charge in [-0.1, -0.05) is 19.4 Å². The van der Waals surface area contributed by atoms with E-state index in [1.165, 1.54) is 38.8 Å². The third-order valence-corrected chi connectivity index (χ3v) is 4.49. The fourth-order valence-electron chi connectivity index (χ4n) is 3.23. The maximum atomic E-state index is 8.58. The molecule has 0 bridgehead atoms. The van der Waals surface area contributed by atoms with Crippen LogP contribution in [-0.4, -0.2) is 36.5 Å². The number of rotatable bonds is 3. The highest BCUT2D eigenvalue weighted by molar-refractivity contribution is 5.42. The number of amides is 1. The van der Waals surface area contributed by atoms with Crippen LogP contribution in [0.1, 0.15) is 46.5 Å². The Kier molecular flexibility index (Phi) is 5.85. The van der Waals surface area contributed by atoms with Crippen LogP contribution in [0.2, 0.25) is 0 Å². The molecule has 0 aromatic carbocycles. The van der Waals surface area contributed by atoms with Gasteiger partial charge in [0, 0.05) is 17.5 Å². The second-order valence-electron chi connectivity index (χ2n) is 6.26. The molecule has 0 unspecified atom stereocenters. The molecule has 0 saturated carbocycles. The Labute approximate surface area is 117 Å². The standard InChI is InChI=1S/C14H26N2.CH3NO/c1-4-5-13(2,3)16-10-7-14(8-11-16)6-9-15-12-14;2-1-3/h6,9,15H,4-5,7-8,10-12H2,1-3H3;1H,(H2,2,3). The summed E-state index contributed by atoms with van der Waals surface area (Å²) < 4.78 is 0. The average Bonchev–Trinajstić information content (AvgIpc) is 2.79. The fraction of sp³-hybridized carbons (Fsp3) is 0.800. The Bertz CT molecular complexity index is 305. The smallest absolute Gasteiger partial charge is 0.204 e. The predicted octanol–water partition coefficient (Wildman–Crippen LogP) is 1.87. The zero-order valence-electron chi connectivity index (χ0n) is 12.6. The summed E-state index contributed by atoms with van der Waals surface area (Å²) in [4.78, 5) is 11.3. The fourth-order valence-corrected chi connectivity index (χ4v) is 3.23. The molecule has 3 N–H and O–H groups in total. The van der Waals surface area contributed by atoms with Crippen molar-refractivity contribution < 1.29 is 4.79 Å². The van der Waals surface area contributed by atoms with Gasteiger partial charge >= 0.3 is 0 Å². The van der Waals surface area contributed by atoms with Crippen LogP contribution in [0.5, 0.6) is 0 Å². The van der Waals surface area contributed by atoms with Gasteiger partial charge in [-0.2, -0.15) is 0 Å². The Hall–Kier alpha value is -1.03. The lowest BCUT2D eigenvalue weighted by molar-refractivity contribution is -0.106. The highest BCUT2D eigenvalue weighted by Crippen LogP contribution is 2.37. The molecule has 2 heterocycles. The highest BCUT2D eigenvalue weighted by Gasteiger charge is 2.37. The second kappa shape index (κ2) is 6.94. The van der Waals surface area contributed by atoms with E-state index in [9.17, 15) is 0 Å². The molecule has 4 heteroatoms. The minimum Gasteiger partial charge on any atom is -0.390 e. The number of carbonyl (C=O) groups is 1. The molecule has 0 radical (unpaired) electrons. The quantitative estimate of drug-likeness (QED) is 0.767. The molecule has 1 amide bonds. The maximum Gasteiger partial charge on any atom is 0.204 e. The van der Waals surface area contributed by atoms with E-state index in [-0.39, 0.29) is 6.41 Å². The predicted molar refractivity (Wildman–Crippen MR) is 79.6 cm³/mol. The van der Waals surface area contributed by atoms with Crippen molar-refractivity contribution >= 4 is 6.41 Å². The second-order valence-corrected chi connectivity index (χ2v) is 6.26. The topological polar surface area (TPSA) is 58.4 Å². The van der Waals surface area contributed by atoms with E-state index >= 15 is 0 Å². The Morgan fingerprint density at radius 2 is 2.00 bits per heavy atom. The zero-order chi connectivity index (χ0) is 14.4. The van der Waals surface area contributed by atoms with Gasteiger partial charge in [-0.3, -0.25) is 9.69 Å². The van der Waals surface area contributed by atoms with E-state index in [4.69, 9.17) is 4.79 Å². The van der Waals surface area contributed by atoms with Crippen LogP contribution in [0.4, 0.5) is 0 Å². The van der Waals surface area contributed by atoms with Gasteiger partial charge in [0.1, 0.15) is 0 Å². The first kappa shape index (κ1) is 16.0. The minimum atomic E-state index is 0.250. The van der Waals surface area contributed by atoms with Gasteiger partial charge in [-0.05, 0) is 52.4 Å². The lowest BCUT2D eigenvalue weighted by Crippen LogP contribution is -2.50. The molecule has 0 aromatic heterocycles. The summed E-state index contributed by atoms with van der Waals surface area (Å²) in [6.45, 7) is 10.8. The normalized spacial score (nSPS) is 21.6. The molecular formula is C15H29N3O. The first-order valence-electron chi connectivity index (χ1n) is 7.31. The van der Waals surface area contributed by atoms with Crippen LogP contribution in [0.25, 0.3) is 0 Å². The summed E-state index contributed by atoms with van der Waals surface area (Å²) in [6.07, 6.45) is 10.0. The van der Waals surface area contributed by atoms with Gasteiger partial charge in [0.2, 0.25) is 6.41 Å². The molecule has 2 aliphatic heterocycles. The highest BCUT2D eigenvalue weighted by atomic mass is 16.1. The van der Waals surface area contributed by atoms with Gasteiger partial charge < -0.3 is 11.1 Å². The number of nitrogens with one attached hydrogen (secondary N) is 1. The molecule has 19 heavy (non-hydrogen) atoms. The van der Waals surface area contributed by atoms with Gasteiger partial charge in [-0.15, -0.1) is 0 Å². The maximum absolute atomic E-state index is 8.58. The van der Waals surface area contributed by atoms with Crippen LogP contribution >= 0.6 is 0 Å². The molecule has 2 rings (SSSR count). The first-order chi connectivity index (χ1) is 8.99. The Balaban J connectivity index is 0.000000550. The van der Waals surface area contributed by atoms with Crippen LogP contribution in [0.3, 0.4) is 0 Å². The van der Waals surface area contributed by atoms with Gasteiger partial charge in [0.05, 0.1) is 0 Å². The first-order valence-corrected chi connectivity index (χ1v) is 7.31. The van der Waals surface area contributed by atoms with Crippen LogP contribution < -0.4 is 11.1 Å². The molecule has 0 aliphatic carbocycles. The molecule has 2 aliphatic rings. The minimum absolute atomic E-state index is 0.250. The summed E-state index contributed by atoms with van der Waals surface area (Å²) in [6, 6.07) is 0. The Morgan fingerprint density at radius 3 is 2.42 bits per heavy atom. The summed E-state index contributed by atoms with van der Waals surface area (Å²) >= 11 is 0. The molecule has 0 atom stereocenters. The number of nitrogens with two attached hydrogens (primary N) is 1. The van der Waals surface area contributed by atoms with E-state index in [0.29, 0.717) is 11.0 Å². The lowest BCUT2D eigenvalue weighted by atomic mass is 9.78. The van der Waals surface area contributed by atoms with E-state index < -0.39 is 0 Å². The van der Waals surface area contributed by atoms with Crippen molar-refractivity contribution in [3.05, 3.63) is 12.3 Å². The van der Waals surface area contributed by atoms with E-state index in [2.05, 4.69) is 49.0 Å². The van der Waals surface area contributed by atoms with Crippen molar-refractivity contribution in [2.24, 2.45) is 11.1 Å². The summed E-state index contributed by atoms with van der Waals surface area (Å²) in [7, 11) is 0. The zero-order valence-corrected chi connectivity index (χ0v) is 12.6. The number of piperidine rings is 1. The van der Waals surface area contributed by atoms with Gasteiger partial charge in [-0.25, -0.2) is 0 Å². The van der Waals surface area contributed by atoms with E-state index in [1.54, 1.807) is 0 Å². The Morgan fingerprint density at radius 1 is 1.42 bits per heavy atom. The molecule has 0 aromatic rings. The summed E-state index contributed by atoms with van der Waals surface area (Å²) in [5.74, 6) is 0. The number of likely N-dealkylation sites (tertiary alicyclic amines) is 1. The summed E-state index contributed by atoms with van der Waals surface area (Å²) in [5, 5.41) is 3.36. The van der Waals surface area contributed by atoms with Crippen molar-refractivity contribution in [2.75, 3.05) is 19.6 Å². The largest absolute Gasteiger partial charge is 0.390 e. The lowest BCUT2D eigenvalue weighted by Gasteiger charge is -2.46. The SMILES string of the molecule is CCCC(C)(C)N1CCC2(C=CNC2)CC1.NC=O. The molecule has 4 nitrogen and oxygen atoms in total. The van der Waals surface area contributed by atoms with E-state index in [1.807, 2.05) is 0 Å². The van der Waals surface area contributed by atoms with Crippen LogP contribution in [0, 0.1) is 5.41 Å². The monoisotopic (exact) mass is 267 g/mol. The van der Waals surface area contributed by atoms with Gasteiger partial charge in [0.25, 0.3) is 0 Å². The molecular weight excluding hydrogens is 238 g/mol. The van der Waals surface area contributed by atoms with Crippen LogP contribution in [0.15, 0.2) is 12.3 Å². The van der Waals surface area contributed by atoms with Crippen LogP contribution in [-0.2, 0) is 4.79 Å². The average molecular weight is 267 g/mol. The molecule has 110 valence electrons. The molecule has 1 saturated heterocycles. The van der Waals surface area contributed by atoms with Crippen molar-refractivity contribution in [1.82, 2.24) is 10.2 Å². The van der Waals surface area contributed by atoms with Crippen molar-refractivity contribution in [3.8, 4) is 0 Å². The molecule has 1 fully saturated rings. The number of hydrogen-bond acceptors (Lipinski definition) is 3. The van der Waals surface area contributed by atoms with Gasteiger partial charge in [0.15, 0.2) is 0 Å². The van der Waals surface area contributed by atoms with Crippen molar-refractivity contribution in [2.45, 2.75) is 52.0 Å². The van der Waals surface area contributed by atoms with Crippen molar-refractivity contribution in [1.29, 1.82) is 0 Å². The number of hydrogen-bond donors (Lipinski definition) is 2. The third-order valence-electron chi connectivity index (χ3n) is 4.49. The summed E-state index contributed by atoms with van der Waals surface area (Å²) in [5.41, 5.74) is 5.05. The molecule has 1 spiro atoms. The number of primary amides is 1. The van der Waals surface area contributed by atoms with Crippen molar-refractivity contribution in [3.63, 3.8) is 0 Å². The number of carbonyl (C=O) groups excluding carboxylic acids is 1. The third kappa shape index (κ3) is 4.23.